The van der Waals surface area contributed by atoms with Crippen LogP contribution in [0.5, 0.6) is 0 Å². The Kier molecular flexibility index (Phi) is 33.4. The molecule has 1 atom stereocenters. The van der Waals surface area contributed by atoms with E-state index in [1.165, 1.54) is 141 Å². The topological polar surface area (TPSA) is 72.8 Å². The van der Waals surface area contributed by atoms with E-state index in [1.54, 1.807) is 0 Å². The normalized spacial score (nSPS) is 12.2. The number of carbonyl (C=O) groups is 2. The van der Waals surface area contributed by atoms with Crippen molar-refractivity contribution in [1.82, 2.24) is 0 Å². The molecule has 0 radical (unpaired) electrons. The first-order valence-corrected chi connectivity index (χ1v) is 19.8. The number of hydrogen-bond acceptors (Lipinski definition) is 5. The van der Waals surface area contributed by atoms with Crippen molar-refractivity contribution in [3.8, 4) is 0 Å². The molecule has 0 aromatic heterocycles. The van der Waals surface area contributed by atoms with E-state index in [2.05, 4.69) is 27.7 Å². The summed E-state index contributed by atoms with van der Waals surface area (Å²) in [7, 11) is 0. The third-order valence-corrected chi connectivity index (χ3v) is 8.95. The SMILES string of the molecule is CC(C)CCCCCCCCCCCCCCCCCCCCC(=O)OC[C@@H](O)COC(=O)CCCCCCCCCC(C)C. The lowest BCUT2D eigenvalue weighted by Crippen LogP contribution is -2.25. The molecule has 0 aromatic rings. The highest BCUT2D eigenvalue weighted by molar-refractivity contribution is 5.69. The van der Waals surface area contributed by atoms with Gasteiger partial charge in [-0.05, 0) is 24.7 Å². The smallest absolute Gasteiger partial charge is 0.305 e. The van der Waals surface area contributed by atoms with Crippen LogP contribution in [0, 0.1) is 11.8 Å². The molecular weight excluding hydrogens is 560 g/mol. The summed E-state index contributed by atoms with van der Waals surface area (Å²) in [5.41, 5.74) is 0. The summed E-state index contributed by atoms with van der Waals surface area (Å²) < 4.78 is 10.3. The molecule has 0 heterocycles. The van der Waals surface area contributed by atoms with Gasteiger partial charge in [0.1, 0.15) is 19.3 Å². The predicted octanol–water partition coefficient (Wildman–Crippen LogP) is 12.1. The summed E-state index contributed by atoms with van der Waals surface area (Å²) in [6.45, 7) is 8.98. The van der Waals surface area contributed by atoms with Crippen LogP contribution in [-0.4, -0.2) is 36.4 Å². The number of esters is 2. The third-order valence-electron chi connectivity index (χ3n) is 8.95. The highest BCUT2D eigenvalue weighted by Gasteiger charge is 2.12. The average molecular weight is 639 g/mol. The van der Waals surface area contributed by atoms with E-state index in [0.717, 1.165) is 43.9 Å². The summed E-state index contributed by atoms with van der Waals surface area (Å²) >= 11 is 0. The Morgan fingerprint density at radius 1 is 0.400 bits per heavy atom. The molecule has 0 bridgehead atoms. The minimum absolute atomic E-state index is 0.110. The van der Waals surface area contributed by atoms with Crippen LogP contribution in [0.15, 0.2) is 0 Å². The number of carbonyl (C=O) groups excluding carboxylic acids is 2. The zero-order chi connectivity index (χ0) is 33.2. The van der Waals surface area contributed by atoms with Crippen LogP contribution in [0.2, 0.25) is 0 Å². The molecule has 0 fully saturated rings. The maximum absolute atomic E-state index is 12.0. The molecule has 0 saturated heterocycles. The van der Waals surface area contributed by atoms with Crippen molar-refractivity contribution in [3.05, 3.63) is 0 Å². The van der Waals surface area contributed by atoms with E-state index in [9.17, 15) is 14.7 Å². The molecule has 0 saturated carbocycles. The van der Waals surface area contributed by atoms with Gasteiger partial charge in [-0.25, -0.2) is 0 Å². The number of aliphatic hydroxyl groups excluding tert-OH is 1. The van der Waals surface area contributed by atoms with Gasteiger partial charge in [0.25, 0.3) is 0 Å². The standard InChI is InChI=1S/C40H78O5/c1-36(2)30-26-22-18-15-13-11-9-7-5-6-8-10-12-14-16-20-24-28-32-39(42)44-34-38(41)35-45-40(43)33-29-25-21-17-19-23-27-31-37(3)4/h36-38,41H,5-35H2,1-4H3/t38-/m1/s1. The first kappa shape index (κ1) is 43.9. The molecule has 0 amide bonds. The molecule has 5 heteroatoms. The Bertz CT molecular complexity index is 632. The molecule has 0 aliphatic heterocycles. The van der Waals surface area contributed by atoms with Gasteiger partial charge in [-0.1, -0.05) is 188 Å². The number of rotatable bonds is 35. The summed E-state index contributed by atoms with van der Waals surface area (Å²) in [5, 5.41) is 9.99. The van der Waals surface area contributed by atoms with Crippen molar-refractivity contribution >= 4 is 11.9 Å². The zero-order valence-electron chi connectivity index (χ0n) is 30.7. The van der Waals surface area contributed by atoms with E-state index < -0.39 is 6.10 Å². The molecule has 0 aliphatic carbocycles. The molecule has 0 spiro atoms. The highest BCUT2D eigenvalue weighted by atomic mass is 16.6. The summed E-state index contributed by atoms with van der Waals surface area (Å²) in [5.74, 6) is 1.10. The fraction of sp³-hybridized carbons (Fsp3) is 0.950. The molecule has 5 nitrogen and oxygen atoms in total. The Morgan fingerprint density at radius 3 is 0.867 bits per heavy atom. The second-order valence-corrected chi connectivity index (χ2v) is 14.7. The monoisotopic (exact) mass is 639 g/mol. The van der Waals surface area contributed by atoms with Crippen LogP contribution in [0.25, 0.3) is 0 Å². The van der Waals surface area contributed by atoms with E-state index in [-0.39, 0.29) is 25.2 Å². The molecular formula is C40H78O5. The van der Waals surface area contributed by atoms with Crippen molar-refractivity contribution in [1.29, 1.82) is 0 Å². The summed E-state index contributed by atoms with van der Waals surface area (Å²) in [4.78, 5) is 23.9. The van der Waals surface area contributed by atoms with Crippen LogP contribution in [-0.2, 0) is 19.1 Å². The molecule has 0 aromatic carbocycles. The molecule has 1 N–H and O–H groups in total. The molecule has 0 unspecified atom stereocenters. The van der Waals surface area contributed by atoms with Gasteiger partial charge in [-0.15, -0.1) is 0 Å². The van der Waals surface area contributed by atoms with Crippen LogP contribution >= 0.6 is 0 Å². The Balaban J connectivity index is 3.35. The fourth-order valence-corrected chi connectivity index (χ4v) is 5.93. The molecule has 0 rings (SSSR count). The lowest BCUT2D eigenvalue weighted by molar-refractivity contribution is -0.152. The first-order chi connectivity index (χ1) is 21.8. The Hall–Kier alpha value is -1.10. The Morgan fingerprint density at radius 2 is 0.622 bits per heavy atom. The van der Waals surface area contributed by atoms with E-state index in [0.29, 0.717) is 12.8 Å². The number of unbranched alkanes of at least 4 members (excludes halogenated alkanes) is 23. The van der Waals surface area contributed by atoms with Crippen LogP contribution in [0.4, 0.5) is 0 Å². The Labute approximate surface area is 280 Å². The molecule has 268 valence electrons. The van der Waals surface area contributed by atoms with E-state index in [4.69, 9.17) is 9.47 Å². The van der Waals surface area contributed by atoms with Crippen molar-refractivity contribution in [2.45, 2.75) is 220 Å². The van der Waals surface area contributed by atoms with Crippen molar-refractivity contribution in [3.63, 3.8) is 0 Å². The van der Waals surface area contributed by atoms with Gasteiger partial charge in [0.2, 0.25) is 0 Å². The van der Waals surface area contributed by atoms with Gasteiger partial charge in [0.05, 0.1) is 0 Å². The first-order valence-electron chi connectivity index (χ1n) is 19.8. The molecule has 45 heavy (non-hydrogen) atoms. The third kappa shape index (κ3) is 37.2. The van der Waals surface area contributed by atoms with Gasteiger partial charge in [0.15, 0.2) is 0 Å². The second kappa shape index (κ2) is 34.2. The maximum atomic E-state index is 12.0. The van der Waals surface area contributed by atoms with Crippen molar-refractivity contribution in [2.75, 3.05) is 13.2 Å². The summed E-state index contributed by atoms with van der Waals surface area (Å²) in [6, 6.07) is 0. The van der Waals surface area contributed by atoms with Crippen molar-refractivity contribution < 1.29 is 24.2 Å². The maximum Gasteiger partial charge on any atom is 0.305 e. The summed E-state index contributed by atoms with van der Waals surface area (Å²) in [6.07, 6.45) is 34.6. The van der Waals surface area contributed by atoms with Crippen LogP contribution in [0.1, 0.15) is 214 Å². The number of ether oxygens (including phenoxy) is 2. The second-order valence-electron chi connectivity index (χ2n) is 14.7. The quantitative estimate of drug-likeness (QED) is 0.0552. The minimum atomic E-state index is -0.956. The van der Waals surface area contributed by atoms with Crippen LogP contribution in [0.3, 0.4) is 0 Å². The van der Waals surface area contributed by atoms with E-state index in [1.807, 2.05) is 0 Å². The lowest BCUT2D eigenvalue weighted by Gasteiger charge is -2.12. The largest absolute Gasteiger partial charge is 0.463 e. The molecule has 0 aliphatic rings. The predicted molar refractivity (Wildman–Crippen MR) is 191 cm³/mol. The van der Waals surface area contributed by atoms with Gasteiger partial charge in [-0.3, -0.25) is 9.59 Å². The highest BCUT2D eigenvalue weighted by Crippen LogP contribution is 2.16. The lowest BCUT2D eigenvalue weighted by atomic mass is 10.0. The van der Waals surface area contributed by atoms with Gasteiger partial charge < -0.3 is 14.6 Å². The van der Waals surface area contributed by atoms with E-state index >= 15 is 0 Å². The van der Waals surface area contributed by atoms with Gasteiger partial charge in [-0.2, -0.15) is 0 Å². The zero-order valence-corrected chi connectivity index (χ0v) is 30.7. The number of aliphatic hydroxyl groups is 1. The fourth-order valence-electron chi connectivity index (χ4n) is 5.93. The minimum Gasteiger partial charge on any atom is -0.463 e. The van der Waals surface area contributed by atoms with Gasteiger partial charge >= 0.3 is 11.9 Å². The number of hydrogen-bond donors (Lipinski definition) is 1. The average Bonchev–Trinajstić information content (AvgIpc) is 3.00. The van der Waals surface area contributed by atoms with Crippen LogP contribution < -0.4 is 0 Å². The van der Waals surface area contributed by atoms with Crippen molar-refractivity contribution in [2.24, 2.45) is 11.8 Å². The van der Waals surface area contributed by atoms with Gasteiger partial charge in [0, 0.05) is 12.8 Å².